The molecule has 1 heterocycles. The Bertz CT molecular complexity index is 822. The maximum atomic E-state index is 12.4. The van der Waals surface area contributed by atoms with Crippen molar-refractivity contribution < 1.29 is 9.59 Å². The van der Waals surface area contributed by atoms with E-state index in [9.17, 15) is 9.59 Å². The van der Waals surface area contributed by atoms with E-state index >= 15 is 0 Å². The van der Waals surface area contributed by atoms with Gasteiger partial charge in [0.2, 0.25) is 5.91 Å². The Morgan fingerprint density at radius 3 is 2.52 bits per heavy atom. The van der Waals surface area contributed by atoms with Crippen molar-refractivity contribution in [3.05, 3.63) is 53.3 Å². The highest BCUT2D eigenvalue weighted by Crippen LogP contribution is 2.24. The Kier molecular flexibility index (Phi) is 5.82. The third-order valence-electron chi connectivity index (χ3n) is 3.30. The van der Waals surface area contributed by atoms with Crippen LogP contribution in [0.15, 0.2) is 36.5 Å². The molecule has 0 radical (unpaired) electrons. The number of nitrogens with zero attached hydrogens (tertiary/aromatic N) is 3. The van der Waals surface area contributed by atoms with Crippen molar-refractivity contribution in [3.8, 4) is 6.07 Å². The second-order valence-electron chi connectivity index (χ2n) is 5.83. The van der Waals surface area contributed by atoms with Crippen LogP contribution in [0.4, 0.5) is 11.4 Å². The monoisotopic (exact) mass is 337 g/mol. The third kappa shape index (κ3) is 5.12. The summed E-state index contributed by atoms with van der Waals surface area (Å²) in [5.74, 6) is -0.546. The summed E-state index contributed by atoms with van der Waals surface area (Å²) in [5, 5.41) is 14.3. The first-order chi connectivity index (χ1) is 11.9. The number of nitrogens with one attached hydrogen (secondary N) is 2. The fourth-order valence-corrected chi connectivity index (χ4v) is 2.14. The molecule has 0 aliphatic carbocycles. The fourth-order valence-electron chi connectivity index (χ4n) is 2.14. The molecule has 0 saturated carbocycles. The molecule has 0 bridgehead atoms. The Hall–Kier alpha value is -3.24. The van der Waals surface area contributed by atoms with E-state index in [-0.39, 0.29) is 24.1 Å². The molecule has 2 rings (SSSR count). The van der Waals surface area contributed by atoms with Crippen LogP contribution in [-0.2, 0) is 4.79 Å². The molecule has 1 aromatic carbocycles. The van der Waals surface area contributed by atoms with Gasteiger partial charge in [-0.2, -0.15) is 5.26 Å². The summed E-state index contributed by atoms with van der Waals surface area (Å²) in [6.45, 7) is 2.13. The standard InChI is InChI=1S/C18H19N5O2/c1-12-4-7-15(21-17(24)11-23(2)3)16(8-12)22-18(25)13-5-6-14(9-19)20-10-13/h4-8,10H,11H2,1-3H3,(H,21,24)(H,22,25). The maximum absolute atomic E-state index is 12.4. The lowest BCUT2D eigenvalue weighted by Gasteiger charge is -2.15. The van der Waals surface area contributed by atoms with Crippen LogP contribution in [-0.4, -0.2) is 42.3 Å². The van der Waals surface area contributed by atoms with Gasteiger partial charge in [-0.1, -0.05) is 6.07 Å². The molecule has 0 aliphatic rings. The summed E-state index contributed by atoms with van der Waals surface area (Å²) in [6, 6.07) is 10.3. The topological polar surface area (TPSA) is 98.1 Å². The van der Waals surface area contributed by atoms with Gasteiger partial charge in [0.1, 0.15) is 11.8 Å². The number of rotatable bonds is 5. The highest BCUT2D eigenvalue weighted by Gasteiger charge is 2.12. The van der Waals surface area contributed by atoms with Crippen LogP contribution in [0.3, 0.4) is 0 Å². The van der Waals surface area contributed by atoms with Crippen molar-refractivity contribution in [3.63, 3.8) is 0 Å². The normalized spacial score (nSPS) is 10.2. The largest absolute Gasteiger partial charge is 0.323 e. The molecule has 7 nitrogen and oxygen atoms in total. The second-order valence-corrected chi connectivity index (χ2v) is 5.83. The quantitative estimate of drug-likeness (QED) is 0.870. The molecule has 2 aromatic rings. The smallest absolute Gasteiger partial charge is 0.257 e. The van der Waals surface area contributed by atoms with Crippen LogP contribution in [0, 0.1) is 18.3 Å². The number of pyridine rings is 1. The summed E-state index contributed by atoms with van der Waals surface area (Å²) in [4.78, 5) is 30.0. The van der Waals surface area contributed by atoms with E-state index in [1.165, 1.54) is 18.3 Å². The molecule has 0 fully saturated rings. The lowest BCUT2D eigenvalue weighted by molar-refractivity contribution is -0.116. The van der Waals surface area contributed by atoms with Gasteiger partial charge < -0.3 is 15.5 Å². The molecule has 128 valence electrons. The minimum Gasteiger partial charge on any atom is -0.323 e. The number of anilines is 2. The summed E-state index contributed by atoms with van der Waals surface area (Å²) in [6.07, 6.45) is 1.34. The van der Waals surface area contributed by atoms with Crippen LogP contribution in [0.2, 0.25) is 0 Å². The molecule has 2 N–H and O–H groups in total. The summed E-state index contributed by atoms with van der Waals surface area (Å²) >= 11 is 0. The molecule has 1 aromatic heterocycles. The molecule has 0 atom stereocenters. The molecule has 0 saturated heterocycles. The molecule has 0 spiro atoms. The van der Waals surface area contributed by atoms with E-state index in [2.05, 4.69) is 15.6 Å². The van der Waals surface area contributed by atoms with E-state index in [0.717, 1.165) is 5.56 Å². The number of aromatic nitrogens is 1. The minimum atomic E-state index is -0.370. The first kappa shape index (κ1) is 18.1. The number of amides is 2. The van der Waals surface area contributed by atoms with Gasteiger partial charge in [0, 0.05) is 6.20 Å². The number of likely N-dealkylation sites (N-methyl/N-ethyl adjacent to an activating group) is 1. The zero-order valence-electron chi connectivity index (χ0n) is 14.3. The zero-order valence-corrected chi connectivity index (χ0v) is 14.3. The molecular weight excluding hydrogens is 318 g/mol. The van der Waals surface area contributed by atoms with Crippen molar-refractivity contribution in [1.29, 1.82) is 5.26 Å². The third-order valence-corrected chi connectivity index (χ3v) is 3.30. The Morgan fingerprint density at radius 2 is 1.92 bits per heavy atom. The van der Waals surface area contributed by atoms with Crippen LogP contribution >= 0.6 is 0 Å². The summed E-state index contributed by atoms with van der Waals surface area (Å²) in [7, 11) is 3.60. The number of nitriles is 1. The van der Waals surface area contributed by atoms with Gasteiger partial charge in [0.05, 0.1) is 23.5 Å². The summed E-state index contributed by atoms with van der Waals surface area (Å²) < 4.78 is 0. The van der Waals surface area contributed by atoms with E-state index < -0.39 is 0 Å². The number of carbonyl (C=O) groups excluding carboxylic acids is 2. The van der Waals surface area contributed by atoms with Crippen LogP contribution < -0.4 is 10.6 Å². The van der Waals surface area contributed by atoms with Crippen LogP contribution in [0.5, 0.6) is 0 Å². The number of carbonyl (C=O) groups is 2. The highest BCUT2D eigenvalue weighted by molar-refractivity contribution is 6.07. The number of hydrogen-bond donors (Lipinski definition) is 2. The minimum absolute atomic E-state index is 0.176. The first-order valence-corrected chi connectivity index (χ1v) is 7.62. The average molecular weight is 337 g/mol. The molecule has 0 unspecified atom stereocenters. The van der Waals surface area contributed by atoms with E-state index in [1.54, 1.807) is 31.1 Å². The van der Waals surface area contributed by atoms with Gasteiger partial charge in [-0.25, -0.2) is 4.98 Å². The van der Waals surface area contributed by atoms with E-state index in [1.807, 2.05) is 19.1 Å². The van der Waals surface area contributed by atoms with Gasteiger partial charge in [0.25, 0.3) is 5.91 Å². The summed E-state index contributed by atoms with van der Waals surface area (Å²) in [5.41, 5.74) is 2.53. The van der Waals surface area contributed by atoms with Gasteiger partial charge in [0.15, 0.2) is 0 Å². The number of aryl methyl sites for hydroxylation is 1. The Morgan fingerprint density at radius 1 is 1.16 bits per heavy atom. The van der Waals surface area contributed by atoms with Gasteiger partial charge >= 0.3 is 0 Å². The van der Waals surface area contributed by atoms with Crippen molar-refractivity contribution in [2.75, 3.05) is 31.3 Å². The first-order valence-electron chi connectivity index (χ1n) is 7.62. The molecule has 25 heavy (non-hydrogen) atoms. The lowest BCUT2D eigenvalue weighted by atomic mass is 10.1. The number of hydrogen-bond acceptors (Lipinski definition) is 5. The predicted octanol–water partition coefficient (Wildman–Crippen LogP) is 2.01. The van der Waals surface area contributed by atoms with Gasteiger partial charge in [-0.3, -0.25) is 9.59 Å². The van der Waals surface area contributed by atoms with Crippen molar-refractivity contribution in [1.82, 2.24) is 9.88 Å². The zero-order chi connectivity index (χ0) is 18.4. The Balaban J connectivity index is 2.19. The Labute approximate surface area is 146 Å². The van der Waals surface area contributed by atoms with Gasteiger partial charge in [-0.15, -0.1) is 0 Å². The molecule has 7 heteroatoms. The van der Waals surface area contributed by atoms with Crippen molar-refractivity contribution >= 4 is 23.2 Å². The molecule has 0 aliphatic heterocycles. The maximum Gasteiger partial charge on any atom is 0.257 e. The molecule has 2 amide bonds. The van der Waals surface area contributed by atoms with Crippen LogP contribution in [0.25, 0.3) is 0 Å². The molecular formula is C18H19N5O2. The van der Waals surface area contributed by atoms with E-state index in [0.29, 0.717) is 16.9 Å². The lowest BCUT2D eigenvalue weighted by Crippen LogP contribution is -2.27. The predicted molar refractivity (Wildman–Crippen MR) is 95.3 cm³/mol. The van der Waals surface area contributed by atoms with Crippen molar-refractivity contribution in [2.45, 2.75) is 6.92 Å². The SMILES string of the molecule is Cc1ccc(NC(=O)CN(C)C)c(NC(=O)c2ccc(C#N)nc2)c1. The van der Waals surface area contributed by atoms with Gasteiger partial charge in [-0.05, 0) is 50.8 Å². The van der Waals surface area contributed by atoms with Crippen molar-refractivity contribution in [2.24, 2.45) is 0 Å². The van der Waals surface area contributed by atoms with E-state index in [4.69, 9.17) is 5.26 Å². The highest BCUT2D eigenvalue weighted by atomic mass is 16.2. The number of benzene rings is 1. The fraction of sp³-hybridized carbons (Fsp3) is 0.222. The average Bonchev–Trinajstić information content (AvgIpc) is 2.56. The van der Waals surface area contributed by atoms with Crippen LogP contribution in [0.1, 0.15) is 21.6 Å². The second kappa shape index (κ2) is 8.04.